The van der Waals surface area contributed by atoms with Gasteiger partial charge < -0.3 is 15.5 Å². The highest BCUT2D eigenvalue weighted by atomic mass is 127. The number of anilines is 1. The number of likely N-dealkylation sites (N-methyl/N-ethyl adjacent to an activating group) is 1. The van der Waals surface area contributed by atoms with Gasteiger partial charge >= 0.3 is 0 Å². The summed E-state index contributed by atoms with van der Waals surface area (Å²) in [5, 5.41) is 11.2. The van der Waals surface area contributed by atoms with Crippen molar-refractivity contribution in [3.05, 3.63) is 47.3 Å². The van der Waals surface area contributed by atoms with Gasteiger partial charge in [0.2, 0.25) is 0 Å². The molecule has 6 nitrogen and oxygen atoms in total. The Balaban J connectivity index is 0.00000364. The first-order valence-corrected chi connectivity index (χ1v) is 9.23. The molecule has 0 radical (unpaired) electrons. The minimum atomic E-state index is 0. The van der Waals surface area contributed by atoms with E-state index >= 15 is 0 Å². The van der Waals surface area contributed by atoms with Crippen LogP contribution in [0.1, 0.15) is 30.8 Å². The zero-order valence-corrected chi connectivity index (χ0v) is 19.6. The number of rotatable bonds is 7. The van der Waals surface area contributed by atoms with E-state index in [1.807, 2.05) is 24.7 Å². The summed E-state index contributed by atoms with van der Waals surface area (Å²) in [6.45, 7) is 10.7. The summed E-state index contributed by atoms with van der Waals surface area (Å²) in [5.74, 6) is 0.837. The molecule has 0 bridgehead atoms. The molecule has 7 heteroatoms. The lowest BCUT2D eigenvalue weighted by Crippen LogP contribution is -2.45. The number of guanidine groups is 1. The Morgan fingerprint density at radius 2 is 1.89 bits per heavy atom. The molecule has 2 rings (SSSR count). The summed E-state index contributed by atoms with van der Waals surface area (Å²) < 4.78 is 1.91. The van der Waals surface area contributed by atoms with Crippen molar-refractivity contribution in [1.29, 1.82) is 0 Å². The van der Waals surface area contributed by atoms with Crippen LogP contribution in [0, 0.1) is 13.8 Å². The highest BCUT2D eigenvalue weighted by Gasteiger charge is 2.12. The van der Waals surface area contributed by atoms with E-state index in [4.69, 9.17) is 4.99 Å². The lowest BCUT2D eigenvalue weighted by atomic mass is 10.2. The van der Waals surface area contributed by atoms with E-state index in [9.17, 15) is 0 Å². The maximum atomic E-state index is 4.75. The van der Waals surface area contributed by atoms with Gasteiger partial charge in [-0.05, 0) is 39.8 Å². The normalized spacial score (nSPS) is 12.3. The van der Waals surface area contributed by atoms with E-state index in [1.165, 1.54) is 16.9 Å². The van der Waals surface area contributed by atoms with E-state index < -0.39 is 0 Å². The molecule has 0 aliphatic heterocycles. The fraction of sp³-hybridized carbons (Fsp3) is 0.500. The summed E-state index contributed by atoms with van der Waals surface area (Å²) in [4.78, 5) is 7.02. The Morgan fingerprint density at radius 1 is 1.22 bits per heavy atom. The largest absolute Gasteiger partial charge is 0.370 e. The maximum absolute atomic E-state index is 4.75. The summed E-state index contributed by atoms with van der Waals surface area (Å²) in [5.41, 5.74) is 4.62. The van der Waals surface area contributed by atoms with Crippen LogP contribution in [0.3, 0.4) is 0 Å². The van der Waals surface area contributed by atoms with Gasteiger partial charge in [0, 0.05) is 50.2 Å². The molecule has 27 heavy (non-hydrogen) atoms. The number of hydrogen-bond acceptors (Lipinski definition) is 3. The highest BCUT2D eigenvalue weighted by molar-refractivity contribution is 14.0. The standard InChI is InChI=1S/C20H32N6.HI/c1-7-21-20(23-14-19-16(3)24-26(6)17(19)4)22-13-15(2)25(5)18-11-9-8-10-12-18;/h8-12,15H,7,13-14H2,1-6H3,(H2,21,22,23);1H. The first-order valence-electron chi connectivity index (χ1n) is 9.23. The lowest BCUT2D eigenvalue weighted by molar-refractivity contribution is 0.648. The fourth-order valence-corrected chi connectivity index (χ4v) is 2.85. The van der Waals surface area contributed by atoms with E-state index in [-0.39, 0.29) is 24.0 Å². The number of halogens is 1. The minimum Gasteiger partial charge on any atom is -0.370 e. The van der Waals surface area contributed by atoms with Crippen LogP contribution in [0.25, 0.3) is 0 Å². The molecule has 1 unspecified atom stereocenters. The van der Waals surface area contributed by atoms with Gasteiger partial charge in [-0.1, -0.05) is 18.2 Å². The molecule has 1 aromatic carbocycles. The van der Waals surface area contributed by atoms with Crippen molar-refractivity contribution in [3.63, 3.8) is 0 Å². The zero-order valence-electron chi connectivity index (χ0n) is 17.3. The summed E-state index contributed by atoms with van der Waals surface area (Å²) >= 11 is 0. The van der Waals surface area contributed by atoms with Crippen molar-refractivity contribution in [3.8, 4) is 0 Å². The van der Waals surface area contributed by atoms with Gasteiger partial charge in [-0.2, -0.15) is 5.10 Å². The van der Waals surface area contributed by atoms with E-state index in [1.54, 1.807) is 0 Å². The molecule has 150 valence electrons. The van der Waals surface area contributed by atoms with Gasteiger partial charge in [0.1, 0.15) is 0 Å². The van der Waals surface area contributed by atoms with Crippen LogP contribution in [-0.2, 0) is 13.6 Å². The summed E-state index contributed by atoms with van der Waals surface area (Å²) in [7, 11) is 4.09. The quantitative estimate of drug-likeness (QED) is 0.360. The molecule has 0 saturated heterocycles. The topological polar surface area (TPSA) is 57.5 Å². The van der Waals surface area contributed by atoms with E-state index in [2.05, 4.69) is 72.7 Å². The molecule has 0 aliphatic rings. The summed E-state index contributed by atoms with van der Waals surface area (Å²) in [6.07, 6.45) is 0. The number of aromatic nitrogens is 2. The smallest absolute Gasteiger partial charge is 0.191 e. The molecular weight excluding hydrogens is 451 g/mol. The average Bonchev–Trinajstić information content (AvgIpc) is 2.89. The molecule has 0 spiro atoms. The molecule has 0 amide bonds. The van der Waals surface area contributed by atoms with Crippen LogP contribution >= 0.6 is 24.0 Å². The van der Waals surface area contributed by atoms with Gasteiger partial charge in [0.05, 0.1) is 12.2 Å². The number of para-hydroxylation sites is 1. The molecule has 0 aliphatic carbocycles. The molecule has 2 aromatic rings. The number of nitrogens with zero attached hydrogens (tertiary/aromatic N) is 4. The Hall–Kier alpha value is -1.77. The number of aryl methyl sites for hydroxylation is 2. The predicted molar refractivity (Wildman–Crippen MR) is 125 cm³/mol. The molecule has 1 atom stereocenters. The van der Waals surface area contributed by atoms with E-state index in [0.717, 1.165) is 24.7 Å². The first-order chi connectivity index (χ1) is 12.4. The minimum absolute atomic E-state index is 0. The van der Waals surface area contributed by atoms with Gasteiger partial charge in [-0.3, -0.25) is 4.68 Å². The van der Waals surface area contributed by atoms with Crippen LogP contribution in [0.2, 0.25) is 0 Å². The molecule has 1 heterocycles. The van der Waals surface area contributed by atoms with Crippen LogP contribution in [0.15, 0.2) is 35.3 Å². The van der Waals surface area contributed by atoms with Crippen molar-refractivity contribution in [2.24, 2.45) is 12.0 Å². The van der Waals surface area contributed by atoms with Crippen LogP contribution < -0.4 is 15.5 Å². The number of benzene rings is 1. The number of nitrogens with one attached hydrogen (secondary N) is 2. The van der Waals surface area contributed by atoms with Crippen molar-refractivity contribution in [2.75, 3.05) is 25.0 Å². The molecular formula is C20H33IN6. The molecule has 0 saturated carbocycles. The van der Waals surface area contributed by atoms with Gasteiger partial charge in [-0.25, -0.2) is 4.99 Å². The van der Waals surface area contributed by atoms with Gasteiger partial charge in [0.15, 0.2) is 5.96 Å². The Bertz CT molecular complexity index is 726. The van der Waals surface area contributed by atoms with Crippen molar-refractivity contribution >= 4 is 35.6 Å². The van der Waals surface area contributed by atoms with Crippen molar-refractivity contribution < 1.29 is 0 Å². The molecule has 0 fully saturated rings. The number of aliphatic imine (C=N–C) groups is 1. The highest BCUT2D eigenvalue weighted by Crippen LogP contribution is 2.14. The van der Waals surface area contributed by atoms with E-state index in [0.29, 0.717) is 12.6 Å². The van der Waals surface area contributed by atoms with Crippen LogP contribution in [-0.4, -0.2) is 41.9 Å². The predicted octanol–water partition coefficient (Wildman–Crippen LogP) is 3.23. The zero-order chi connectivity index (χ0) is 19.1. The first kappa shape index (κ1) is 23.3. The third-order valence-electron chi connectivity index (χ3n) is 4.79. The SMILES string of the molecule is CCNC(=NCc1c(C)nn(C)c1C)NCC(C)N(C)c1ccccc1.I. The maximum Gasteiger partial charge on any atom is 0.191 e. The molecule has 2 N–H and O–H groups in total. The summed E-state index contributed by atoms with van der Waals surface area (Å²) in [6, 6.07) is 10.8. The van der Waals surface area contributed by atoms with Crippen molar-refractivity contribution in [2.45, 2.75) is 40.3 Å². The second kappa shape index (κ2) is 11.2. The van der Waals surface area contributed by atoms with Crippen LogP contribution in [0.5, 0.6) is 0 Å². The average molecular weight is 484 g/mol. The Kier molecular flexibility index (Phi) is 9.62. The molecule has 1 aromatic heterocycles. The Labute approximate surface area is 180 Å². The monoisotopic (exact) mass is 484 g/mol. The lowest BCUT2D eigenvalue weighted by Gasteiger charge is -2.27. The second-order valence-electron chi connectivity index (χ2n) is 6.64. The van der Waals surface area contributed by atoms with Gasteiger partial charge in [0.25, 0.3) is 0 Å². The third kappa shape index (κ3) is 6.41. The van der Waals surface area contributed by atoms with Crippen molar-refractivity contribution in [1.82, 2.24) is 20.4 Å². The third-order valence-corrected chi connectivity index (χ3v) is 4.79. The second-order valence-corrected chi connectivity index (χ2v) is 6.64. The number of hydrogen-bond donors (Lipinski definition) is 2. The van der Waals surface area contributed by atoms with Crippen LogP contribution in [0.4, 0.5) is 5.69 Å². The fourth-order valence-electron chi connectivity index (χ4n) is 2.85. The Morgan fingerprint density at radius 3 is 2.44 bits per heavy atom. The van der Waals surface area contributed by atoms with Gasteiger partial charge in [-0.15, -0.1) is 24.0 Å².